The fourth-order valence-electron chi connectivity index (χ4n) is 1.13. The maximum atomic E-state index is 13.1. The molecule has 6 nitrogen and oxygen atoms in total. The number of rotatable bonds is 4. The number of halogens is 1. The first kappa shape index (κ1) is 11.9. The van der Waals surface area contributed by atoms with Crippen molar-refractivity contribution in [2.24, 2.45) is 10.7 Å². The van der Waals surface area contributed by atoms with Gasteiger partial charge in [-0.15, -0.1) is 0 Å². The highest BCUT2D eigenvalue weighted by atomic mass is 19.1. The van der Waals surface area contributed by atoms with Crippen LogP contribution in [0, 0.1) is 15.9 Å². The summed E-state index contributed by atoms with van der Waals surface area (Å²) < 4.78 is 13.1. The Hall–Kier alpha value is -2.18. The number of aliphatic imine (C=N–C) groups is 1. The normalized spacial score (nSPS) is 11.2. The van der Waals surface area contributed by atoms with Crippen LogP contribution in [0.25, 0.3) is 0 Å². The van der Waals surface area contributed by atoms with Gasteiger partial charge in [0.15, 0.2) is 5.03 Å². The van der Waals surface area contributed by atoms with Gasteiger partial charge in [0, 0.05) is 6.54 Å². The molecule has 0 saturated heterocycles. The standard InChI is InChI=1S/C9H11FN4O2/c10-8-4-2-1-3-7(8)5-6-12-9(11)13-14(15)16/h1-4H,5-6H2,(H3,11,12,13). The van der Waals surface area contributed by atoms with Crippen molar-refractivity contribution in [2.75, 3.05) is 6.54 Å². The fourth-order valence-corrected chi connectivity index (χ4v) is 1.13. The number of benzene rings is 1. The second kappa shape index (κ2) is 5.64. The zero-order valence-electron chi connectivity index (χ0n) is 8.39. The van der Waals surface area contributed by atoms with Crippen molar-refractivity contribution < 1.29 is 9.42 Å². The SMILES string of the molecule is NC(=NCCc1ccccc1F)N[N+](=O)[O-]. The minimum Gasteiger partial charge on any atom is -0.365 e. The van der Waals surface area contributed by atoms with E-state index in [9.17, 15) is 14.5 Å². The summed E-state index contributed by atoms with van der Waals surface area (Å²) in [5.41, 5.74) is 7.38. The molecule has 1 rings (SSSR count). The van der Waals surface area contributed by atoms with Gasteiger partial charge in [0.2, 0.25) is 0 Å². The van der Waals surface area contributed by atoms with Crippen LogP contribution in [0.3, 0.4) is 0 Å². The van der Waals surface area contributed by atoms with E-state index in [4.69, 9.17) is 5.73 Å². The molecule has 0 aliphatic heterocycles. The van der Waals surface area contributed by atoms with E-state index in [0.29, 0.717) is 12.0 Å². The molecule has 0 bridgehead atoms. The first-order chi connectivity index (χ1) is 7.59. The summed E-state index contributed by atoms with van der Waals surface area (Å²) >= 11 is 0. The minimum atomic E-state index is -0.804. The molecular formula is C9H11FN4O2. The summed E-state index contributed by atoms with van der Waals surface area (Å²) in [6, 6.07) is 6.27. The summed E-state index contributed by atoms with van der Waals surface area (Å²) in [6.07, 6.45) is 0.340. The van der Waals surface area contributed by atoms with Crippen LogP contribution < -0.4 is 11.2 Å². The van der Waals surface area contributed by atoms with Crippen LogP contribution in [0.5, 0.6) is 0 Å². The zero-order valence-corrected chi connectivity index (χ0v) is 8.39. The Morgan fingerprint density at radius 2 is 2.25 bits per heavy atom. The van der Waals surface area contributed by atoms with Gasteiger partial charge in [-0.2, -0.15) is 0 Å². The molecule has 0 saturated carbocycles. The van der Waals surface area contributed by atoms with Crippen LogP contribution in [0.1, 0.15) is 5.56 Å². The Labute approximate surface area is 91.1 Å². The summed E-state index contributed by atoms with van der Waals surface area (Å²) in [5, 5.41) is 9.17. The number of hydrogen-bond donors (Lipinski definition) is 2. The summed E-state index contributed by atoms with van der Waals surface area (Å²) in [6.45, 7) is 0.188. The van der Waals surface area contributed by atoms with E-state index in [1.807, 2.05) is 0 Å². The third kappa shape index (κ3) is 3.91. The molecule has 3 N–H and O–H groups in total. The van der Waals surface area contributed by atoms with Crippen molar-refractivity contribution >= 4 is 5.96 Å². The Morgan fingerprint density at radius 3 is 2.88 bits per heavy atom. The van der Waals surface area contributed by atoms with Crippen molar-refractivity contribution in [3.05, 3.63) is 45.8 Å². The lowest BCUT2D eigenvalue weighted by Crippen LogP contribution is -2.36. The van der Waals surface area contributed by atoms with Gasteiger partial charge in [-0.25, -0.2) is 19.5 Å². The van der Waals surface area contributed by atoms with Crippen LogP contribution in [0.4, 0.5) is 4.39 Å². The Kier molecular flexibility index (Phi) is 4.19. The van der Waals surface area contributed by atoms with Gasteiger partial charge in [0.05, 0.1) is 0 Å². The van der Waals surface area contributed by atoms with E-state index in [1.165, 1.54) is 6.07 Å². The topological polar surface area (TPSA) is 93.5 Å². The van der Waals surface area contributed by atoms with Crippen LogP contribution in [0.15, 0.2) is 29.3 Å². The maximum Gasteiger partial charge on any atom is 0.251 e. The lowest BCUT2D eigenvalue weighted by atomic mass is 10.1. The molecule has 16 heavy (non-hydrogen) atoms. The molecule has 86 valence electrons. The van der Waals surface area contributed by atoms with Gasteiger partial charge in [-0.3, -0.25) is 0 Å². The van der Waals surface area contributed by atoms with Gasteiger partial charge < -0.3 is 5.73 Å². The van der Waals surface area contributed by atoms with Gasteiger partial charge in [-0.1, -0.05) is 23.6 Å². The third-order valence-corrected chi connectivity index (χ3v) is 1.83. The number of hydrogen-bond acceptors (Lipinski definition) is 3. The van der Waals surface area contributed by atoms with E-state index in [-0.39, 0.29) is 18.3 Å². The predicted octanol–water partition coefficient (Wildman–Crippen LogP) is 0.464. The third-order valence-electron chi connectivity index (χ3n) is 1.83. The van der Waals surface area contributed by atoms with Gasteiger partial charge in [0.25, 0.3) is 5.96 Å². The Bertz CT molecular complexity index is 408. The first-order valence-electron chi connectivity index (χ1n) is 4.54. The number of nitro groups is 1. The zero-order chi connectivity index (χ0) is 12.0. The van der Waals surface area contributed by atoms with Gasteiger partial charge in [-0.05, 0) is 18.1 Å². The van der Waals surface area contributed by atoms with Crippen LogP contribution in [-0.2, 0) is 6.42 Å². The summed E-state index contributed by atoms with van der Waals surface area (Å²) in [7, 11) is 0. The van der Waals surface area contributed by atoms with Crippen molar-refractivity contribution in [1.29, 1.82) is 0 Å². The Balaban J connectivity index is 2.47. The molecule has 0 amide bonds. The average Bonchev–Trinajstić information content (AvgIpc) is 2.19. The Morgan fingerprint density at radius 1 is 1.56 bits per heavy atom. The quantitative estimate of drug-likeness (QED) is 0.337. The molecule has 0 heterocycles. The second-order valence-corrected chi connectivity index (χ2v) is 2.98. The fraction of sp³-hybridized carbons (Fsp3) is 0.222. The molecule has 0 unspecified atom stereocenters. The van der Waals surface area contributed by atoms with Gasteiger partial charge in [0.1, 0.15) is 5.82 Å². The van der Waals surface area contributed by atoms with Crippen LogP contribution in [-0.4, -0.2) is 17.5 Å². The highest BCUT2D eigenvalue weighted by molar-refractivity contribution is 5.76. The van der Waals surface area contributed by atoms with E-state index in [1.54, 1.807) is 23.6 Å². The molecule has 0 aliphatic carbocycles. The number of nitrogens with one attached hydrogen (secondary N) is 1. The molecule has 0 aliphatic rings. The maximum absolute atomic E-state index is 13.1. The smallest absolute Gasteiger partial charge is 0.251 e. The molecule has 0 fully saturated rings. The molecule has 0 aromatic heterocycles. The van der Waals surface area contributed by atoms with Crippen molar-refractivity contribution in [3.8, 4) is 0 Å². The summed E-state index contributed by atoms with van der Waals surface area (Å²) in [5.74, 6) is -0.611. The molecule has 7 heteroatoms. The lowest BCUT2D eigenvalue weighted by molar-refractivity contribution is -0.525. The number of nitrogens with zero attached hydrogens (tertiary/aromatic N) is 2. The molecule has 0 spiro atoms. The largest absolute Gasteiger partial charge is 0.365 e. The lowest BCUT2D eigenvalue weighted by Gasteiger charge is -2.00. The first-order valence-corrected chi connectivity index (χ1v) is 4.54. The second-order valence-electron chi connectivity index (χ2n) is 2.98. The summed E-state index contributed by atoms with van der Waals surface area (Å²) in [4.78, 5) is 13.6. The number of nitrogens with two attached hydrogens (primary N) is 1. The van der Waals surface area contributed by atoms with Crippen molar-refractivity contribution in [3.63, 3.8) is 0 Å². The monoisotopic (exact) mass is 226 g/mol. The average molecular weight is 226 g/mol. The van der Waals surface area contributed by atoms with E-state index in [0.717, 1.165) is 0 Å². The van der Waals surface area contributed by atoms with Crippen LogP contribution in [0.2, 0.25) is 0 Å². The highest BCUT2D eigenvalue weighted by Gasteiger charge is 2.01. The number of hydrazine groups is 1. The molecule has 1 aromatic rings. The van der Waals surface area contributed by atoms with Crippen molar-refractivity contribution in [2.45, 2.75) is 6.42 Å². The minimum absolute atomic E-state index is 0.188. The van der Waals surface area contributed by atoms with Crippen molar-refractivity contribution in [1.82, 2.24) is 5.43 Å². The molecule has 0 atom stereocenters. The number of guanidine groups is 1. The van der Waals surface area contributed by atoms with E-state index < -0.39 is 5.03 Å². The highest BCUT2D eigenvalue weighted by Crippen LogP contribution is 2.06. The van der Waals surface area contributed by atoms with Crippen LogP contribution >= 0.6 is 0 Å². The van der Waals surface area contributed by atoms with E-state index in [2.05, 4.69) is 4.99 Å². The van der Waals surface area contributed by atoms with E-state index >= 15 is 0 Å². The van der Waals surface area contributed by atoms with Gasteiger partial charge >= 0.3 is 0 Å². The molecule has 1 aromatic carbocycles. The molecular weight excluding hydrogens is 215 g/mol. The molecule has 0 radical (unpaired) electrons. The predicted molar refractivity (Wildman–Crippen MR) is 56.7 cm³/mol.